The van der Waals surface area contributed by atoms with Gasteiger partial charge < -0.3 is 10.5 Å². The molecule has 3 aromatic rings. The van der Waals surface area contributed by atoms with Gasteiger partial charge in [-0.1, -0.05) is 68.6 Å². The molecular weight excluding hydrogens is 436 g/mol. The van der Waals surface area contributed by atoms with Crippen LogP contribution in [0.4, 0.5) is 21.0 Å². The number of unbranched alkanes of at least 4 members (excludes halogenated alkanes) is 1. The van der Waals surface area contributed by atoms with Crippen molar-refractivity contribution in [3.63, 3.8) is 0 Å². The molecule has 2 N–H and O–H groups in total. The van der Waals surface area contributed by atoms with Crippen LogP contribution < -0.4 is 19.7 Å². The zero-order valence-corrected chi connectivity index (χ0v) is 19.4. The first kappa shape index (κ1) is 22.8. The number of benzene rings is 3. The quantitative estimate of drug-likeness (QED) is 0.438. The summed E-state index contributed by atoms with van der Waals surface area (Å²) in [5.41, 5.74) is 6.73. The molecule has 1 unspecified atom stereocenters. The van der Waals surface area contributed by atoms with Crippen molar-refractivity contribution >= 4 is 47.0 Å². The molecule has 172 valence electrons. The van der Waals surface area contributed by atoms with E-state index in [4.69, 9.17) is 10.5 Å². The van der Waals surface area contributed by atoms with E-state index < -0.39 is 12.3 Å². The molecule has 0 radical (unpaired) electrons. The van der Waals surface area contributed by atoms with E-state index in [1.54, 1.807) is 29.2 Å². The van der Waals surface area contributed by atoms with Gasteiger partial charge in [0.25, 0.3) is 0 Å². The van der Waals surface area contributed by atoms with Crippen molar-refractivity contribution in [1.29, 1.82) is 0 Å². The van der Waals surface area contributed by atoms with Crippen LogP contribution in [0.5, 0.6) is 5.75 Å². The predicted molar refractivity (Wildman–Crippen MR) is 135 cm³/mol. The van der Waals surface area contributed by atoms with Crippen molar-refractivity contribution < 1.29 is 14.3 Å². The molecule has 0 bridgehead atoms. The number of nitrogens with zero attached hydrogens (tertiary/aromatic N) is 3. The fourth-order valence-corrected chi connectivity index (χ4v) is 4.24. The van der Waals surface area contributed by atoms with Crippen molar-refractivity contribution in [1.82, 2.24) is 4.90 Å². The first-order chi connectivity index (χ1) is 16.0. The number of urea groups is 2. The number of primary amides is 1. The molecule has 1 saturated heterocycles. The van der Waals surface area contributed by atoms with E-state index in [1.807, 2.05) is 47.4 Å². The van der Waals surface area contributed by atoms with Crippen LogP contribution in [-0.2, 0) is 0 Å². The Hall–Kier alpha value is -3.39. The Morgan fingerprint density at radius 3 is 2.67 bits per heavy atom. The highest BCUT2D eigenvalue weighted by molar-refractivity contribution is 7.82. The third kappa shape index (κ3) is 4.85. The largest absolute Gasteiger partial charge is 0.470 e. The number of rotatable bonds is 8. The summed E-state index contributed by atoms with van der Waals surface area (Å²) in [7, 11) is 0. The summed E-state index contributed by atoms with van der Waals surface area (Å²) in [6.07, 6.45) is 2.19. The van der Waals surface area contributed by atoms with E-state index in [9.17, 15) is 9.59 Å². The van der Waals surface area contributed by atoms with Crippen molar-refractivity contribution in [2.45, 2.75) is 32.4 Å². The minimum atomic E-state index is -0.682. The number of carbonyl (C=O) groups excluding carboxylic acids is 2. The third-order valence-corrected chi connectivity index (χ3v) is 6.22. The molecule has 0 aliphatic carbocycles. The maximum Gasteiger partial charge on any atom is 0.329 e. The van der Waals surface area contributed by atoms with Crippen molar-refractivity contribution in [2.24, 2.45) is 5.73 Å². The molecule has 4 rings (SSSR count). The predicted octanol–water partition coefficient (Wildman–Crippen LogP) is 5.41. The summed E-state index contributed by atoms with van der Waals surface area (Å²) < 4.78 is 7.33. The Bertz CT molecular complexity index is 1150. The molecule has 1 heterocycles. The lowest BCUT2D eigenvalue weighted by Gasteiger charge is -2.29. The Morgan fingerprint density at radius 1 is 1.12 bits per heavy atom. The average molecular weight is 465 g/mol. The third-order valence-electron chi connectivity index (χ3n) is 5.79. The highest BCUT2D eigenvalue weighted by Crippen LogP contribution is 2.31. The Balaban J connectivity index is 1.58. The molecule has 1 aliphatic heterocycles. The fraction of sp³-hybridized carbons (Fsp3) is 0.280. The van der Waals surface area contributed by atoms with Gasteiger partial charge in [0.05, 0.1) is 11.4 Å². The molecule has 1 aliphatic rings. The average Bonchev–Trinajstić information content (AvgIpc) is 3.21. The first-order valence-corrected chi connectivity index (χ1v) is 11.5. The number of hydrogen-bond acceptors (Lipinski definition) is 4. The Kier molecular flexibility index (Phi) is 6.93. The van der Waals surface area contributed by atoms with Gasteiger partial charge in [0.15, 0.2) is 6.23 Å². The molecule has 0 spiro atoms. The number of hydrogen-bond donors (Lipinski definition) is 2. The number of fused-ring (bicyclic) bond motifs is 1. The number of anilines is 2. The summed E-state index contributed by atoms with van der Waals surface area (Å²) in [6.45, 7) is 3.26. The van der Waals surface area contributed by atoms with Gasteiger partial charge in [-0.15, -0.1) is 0 Å². The van der Waals surface area contributed by atoms with Crippen LogP contribution in [0.2, 0.25) is 0 Å². The number of nitrogens with two attached hydrogens (primary N) is 1. The molecule has 7 nitrogen and oxygen atoms in total. The topological polar surface area (TPSA) is 79.1 Å². The second-order valence-electron chi connectivity index (χ2n) is 7.99. The van der Waals surface area contributed by atoms with Gasteiger partial charge in [0.1, 0.15) is 5.75 Å². The van der Waals surface area contributed by atoms with Crippen LogP contribution in [0.3, 0.4) is 0 Å². The second-order valence-corrected chi connectivity index (χ2v) is 8.39. The van der Waals surface area contributed by atoms with Gasteiger partial charge in [-0.2, -0.15) is 0 Å². The van der Waals surface area contributed by atoms with Crippen LogP contribution in [0, 0.1) is 0 Å². The molecule has 3 aromatic carbocycles. The lowest BCUT2D eigenvalue weighted by Crippen LogP contribution is -2.42. The van der Waals surface area contributed by atoms with Crippen LogP contribution in [0.1, 0.15) is 26.2 Å². The molecule has 1 atom stereocenters. The first-order valence-electron chi connectivity index (χ1n) is 11.1. The summed E-state index contributed by atoms with van der Waals surface area (Å²) in [4.78, 5) is 28.6. The molecule has 33 heavy (non-hydrogen) atoms. The van der Waals surface area contributed by atoms with E-state index >= 15 is 0 Å². The van der Waals surface area contributed by atoms with E-state index in [1.165, 1.54) is 0 Å². The number of thiol groups is 1. The van der Waals surface area contributed by atoms with Crippen LogP contribution in [0.15, 0.2) is 66.7 Å². The van der Waals surface area contributed by atoms with Crippen molar-refractivity contribution in [3.05, 3.63) is 66.7 Å². The smallest absolute Gasteiger partial charge is 0.329 e. The number of ether oxygens (including phenoxy) is 1. The van der Waals surface area contributed by atoms with Crippen LogP contribution in [0.25, 0.3) is 10.8 Å². The van der Waals surface area contributed by atoms with Crippen LogP contribution >= 0.6 is 12.8 Å². The van der Waals surface area contributed by atoms with E-state index in [2.05, 4.69) is 19.7 Å². The molecule has 8 heteroatoms. The summed E-state index contributed by atoms with van der Waals surface area (Å²) >= 11 is 4.12. The zero-order valence-electron chi connectivity index (χ0n) is 18.6. The summed E-state index contributed by atoms with van der Waals surface area (Å²) in [5, 5.41) is 2.15. The maximum atomic E-state index is 13.5. The lowest BCUT2D eigenvalue weighted by molar-refractivity contribution is 0.0579. The van der Waals surface area contributed by atoms with Crippen molar-refractivity contribution in [2.75, 3.05) is 22.3 Å². The van der Waals surface area contributed by atoms with Crippen LogP contribution in [-0.4, -0.2) is 36.3 Å². The SMILES string of the molecule is CCCCC(Oc1cccc(N(S)C(N)=O)c1)N1CCN(c2cccc3ccccc23)C1=O. The van der Waals surface area contributed by atoms with Gasteiger partial charge in [-0.05, 0) is 30.0 Å². The highest BCUT2D eigenvalue weighted by Gasteiger charge is 2.36. The van der Waals surface area contributed by atoms with Gasteiger partial charge in [-0.25, -0.2) is 13.9 Å². The maximum absolute atomic E-state index is 13.5. The van der Waals surface area contributed by atoms with Gasteiger partial charge in [-0.3, -0.25) is 9.80 Å². The minimum Gasteiger partial charge on any atom is -0.470 e. The lowest BCUT2D eigenvalue weighted by atomic mass is 10.1. The highest BCUT2D eigenvalue weighted by atomic mass is 32.1. The molecular formula is C25H28N4O3S. The normalized spacial score (nSPS) is 14.5. The number of carbonyl (C=O) groups is 2. The Morgan fingerprint density at radius 2 is 1.88 bits per heavy atom. The van der Waals surface area contributed by atoms with Gasteiger partial charge >= 0.3 is 12.1 Å². The van der Waals surface area contributed by atoms with E-state index in [0.29, 0.717) is 30.9 Å². The molecule has 0 saturated carbocycles. The summed E-state index contributed by atoms with van der Waals surface area (Å²) in [6, 6.07) is 20.3. The minimum absolute atomic E-state index is 0.0726. The zero-order chi connectivity index (χ0) is 23.4. The number of amides is 4. The fourth-order valence-electron chi connectivity index (χ4n) is 4.12. The summed E-state index contributed by atoms with van der Waals surface area (Å²) in [5.74, 6) is 0.547. The van der Waals surface area contributed by atoms with Crippen molar-refractivity contribution in [3.8, 4) is 5.75 Å². The standard InChI is InChI=1S/C25H28N4O3S/c1-2-3-14-23(32-20-11-7-10-19(17-20)29(33)24(26)30)28-16-15-27(25(28)31)22-13-6-9-18-8-4-5-12-21(18)22/h4-13,17,23,33H,2-3,14-16H2,1H3,(H2,26,30). The van der Waals surface area contributed by atoms with E-state index in [0.717, 1.165) is 33.6 Å². The van der Waals surface area contributed by atoms with E-state index in [-0.39, 0.29) is 6.03 Å². The molecule has 0 aromatic heterocycles. The Labute approximate surface area is 199 Å². The molecule has 4 amide bonds. The van der Waals surface area contributed by atoms with Gasteiger partial charge in [0, 0.05) is 31.0 Å². The molecule has 1 fully saturated rings. The van der Waals surface area contributed by atoms with Gasteiger partial charge in [0.2, 0.25) is 0 Å². The monoisotopic (exact) mass is 464 g/mol. The second kappa shape index (κ2) is 10.0.